The Hall–Kier alpha value is -6.18. The van der Waals surface area contributed by atoms with E-state index in [0.29, 0.717) is 23.5 Å². The fraction of sp³-hybridized carbons (Fsp3) is 0.118. The summed E-state index contributed by atoms with van der Waals surface area (Å²) in [6, 6.07) is 26.4. The first-order valence-corrected chi connectivity index (χ1v) is 14.5. The molecule has 47 heavy (non-hydrogen) atoms. The Morgan fingerprint density at radius 2 is 1.28 bits per heavy atom. The number of hydrogen-bond donors (Lipinski definition) is 6. The molecule has 4 heterocycles. The van der Waals surface area contributed by atoms with Crippen LogP contribution < -0.4 is 10.2 Å². The van der Waals surface area contributed by atoms with E-state index in [1.807, 2.05) is 78.9 Å². The van der Waals surface area contributed by atoms with Gasteiger partial charge in [-0.15, -0.1) is 0 Å². The van der Waals surface area contributed by atoms with Gasteiger partial charge in [-0.05, 0) is 60.7 Å². The van der Waals surface area contributed by atoms with Gasteiger partial charge in [0.2, 0.25) is 0 Å². The molecule has 0 atom stereocenters. The smallest absolute Gasteiger partial charge is 0.328 e. The fourth-order valence-electron chi connectivity index (χ4n) is 4.22. The van der Waals surface area contributed by atoms with Crippen LogP contribution in [0.3, 0.4) is 0 Å². The average Bonchev–Trinajstić information content (AvgIpc) is 3.73. The number of carbonyl (C=O) groups excluding carboxylic acids is 1. The van der Waals surface area contributed by atoms with Gasteiger partial charge >= 0.3 is 5.97 Å². The number of aromatic nitrogens is 6. The maximum Gasteiger partial charge on any atom is 0.328 e. The molecule has 0 saturated heterocycles. The van der Waals surface area contributed by atoms with Crippen molar-refractivity contribution in [2.75, 3.05) is 36.5 Å². The fourth-order valence-corrected chi connectivity index (χ4v) is 4.22. The number of benzene rings is 2. The number of rotatable bonds is 10. The highest BCUT2D eigenvalue weighted by atomic mass is 16.4. The Kier molecular flexibility index (Phi) is 12.9. The normalized spacial score (nSPS) is 10.8. The van der Waals surface area contributed by atoms with Crippen molar-refractivity contribution in [3.8, 4) is 0 Å². The van der Waals surface area contributed by atoms with Gasteiger partial charge in [-0.2, -0.15) is 10.2 Å². The van der Waals surface area contributed by atoms with Crippen molar-refractivity contribution in [2.45, 2.75) is 0 Å². The molecule has 1 amide bonds. The second-order valence-electron chi connectivity index (χ2n) is 9.59. The van der Waals surface area contributed by atoms with Gasteiger partial charge in [0.25, 0.3) is 5.91 Å². The Bertz CT molecular complexity index is 1910. The number of amides is 1. The maximum atomic E-state index is 12.4. The number of hydrogen-bond acceptors (Lipinski definition) is 9. The molecule has 0 spiro atoms. The first-order chi connectivity index (χ1) is 23.0. The number of carbonyl (C=O) groups is 2. The Morgan fingerprint density at radius 3 is 1.81 bits per heavy atom. The number of nitrogens with one attached hydrogen (secondary N) is 3. The molecule has 13 heteroatoms. The third kappa shape index (κ3) is 10.2. The van der Waals surface area contributed by atoms with Crippen LogP contribution in [-0.4, -0.2) is 83.9 Å². The second-order valence-corrected chi connectivity index (χ2v) is 9.59. The number of para-hydroxylation sites is 2. The summed E-state index contributed by atoms with van der Waals surface area (Å²) in [5, 5.41) is 44.4. The van der Waals surface area contributed by atoms with E-state index < -0.39 is 5.97 Å². The van der Waals surface area contributed by atoms with E-state index >= 15 is 0 Å². The van der Waals surface area contributed by atoms with Crippen LogP contribution in [0.1, 0.15) is 11.4 Å². The number of fused-ring (bicyclic) bond motifs is 2. The van der Waals surface area contributed by atoms with E-state index in [2.05, 4.69) is 35.7 Å². The van der Waals surface area contributed by atoms with E-state index in [0.717, 1.165) is 33.9 Å². The van der Waals surface area contributed by atoms with Crippen molar-refractivity contribution >= 4 is 57.5 Å². The van der Waals surface area contributed by atoms with Gasteiger partial charge in [0.15, 0.2) is 11.3 Å². The molecule has 0 radical (unpaired) electrons. The monoisotopic (exact) mass is 634 g/mol. The van der Waals surface area contributed by atoms with E-state index in [9.17, 15) is 14.7 Å². The molecular formula is C34H34N8O5. The van der Waals surface area contributed by atoms with Crippen molar-refractivity contribution in [2.24, 2.45) is 0 Å². The predicted octanol–water partition coefficient (Wildman–Crippen LogP) is 4.14. The lowest BCUT2D eigenvalue weighted by molar-refractivity contribution is -0.131. The topological polar surface area (TPSA) is 193 Å². The van der Waals surface area contributed by atoms with E-state index in [-0.39, 0.29) is 25.7 Å². The van der Waals surface area contributed by atoms with Crippen molar-refractivity contribution in [3.63, 3.8) is 0 Å². The average molecular weight is 635 g/mol. The molecule has 6 aromatic rings. The quantitative estimate of drug-likeness (QED) is 0.119. The lowest BCUT2D eigenvalue weighted by atomic mass is 10.2. The van der Waals surface area contributed by atoms with Crippen molar-refractivity contribution in [3.05, 3.63) is 121 Å². The molecule has 0 bridgehead atoms. The van der Waals surface area contributed by atoms with Crippen LogP contribution in [0.15, 0.2) is 109 Å². The summed E-state index contributed by atoms with van der Waals surface area (Å²) in [6.45, 7) is 0.919. The number of pyridine rings is 2. The van der Waals surface area contributed by atoms with Crippen LogP contribution in [0.25, 0.3) is 34.2 Å². The third-order valence-corrected chi connectivity index (χ3v) is 6.38. The van der Waals surface area contributed by atoms with E-state index in [4.69, 9.17) is 10.2 Å². The van der Waals surface area contributed by atoms with Gasteiger partial charge in [0, 0.05) is 59.8 Å². The summed E-state index contributed by atoms with van der Waals surface area (Å²) in [5.74, 6) is -1.20. The number of aliphatic hydroxyl groups is 2. The Balaban J connectivity index is 0.000000177. The minimum absolute atomic E-state index is 0.106. The molecule has 240 valence electrons. The number of aliphatic hydroxyl groups excluding tert-OH is 2. The second kappa shape index (κ2) is 17.9. The first-order valence-electron chi connectivity index (χ1n) is 14.5. The minimum atomic E-state index is -0.989. The van der Waals surface area contributed by atoms with Gasteiger partial charge in [0.05, 0.1) is 24.6 Å². The molecule has 0 aliphatic carbocycles. The molecule has 0 saturated carbocycles. The van der Waals surface area contributed by atoms with Crippen LogP contribution in [0, 0.1) is 0 Å². The maximum absolute atomic E-state index is 12.4. The predicted molar refractivity (Wildman–Crippen MR) is 181 cm³/mol. The third-order valence-electron chi connectivity index (χ3n) is 6.38. The number of aromatic amines is 2. The summed E-state index contributed by atoms with van der Waals surface area (Å²) in [4.78, 5) is 32.4. The van der Waals surface area contributed by atoms with Crippen molar-refractivity contribution < 1.29 is 24.9 Å². The summed E-state index contributed by atoms with van der Waals surface area (Å²) < 4.78 is 0. The SMILES string of the molecule is O=C(/C=C/c1[nH]nc2ncccc12)N(CCO)c1ccccc1.O=C(O)/C=C/c1[nH]nc2ncccc12.OCCNc1ccccc1. The van der Waals surface area contributed by atoms with Crippen LogP contribution in [-0.2, 0) is 9.59 Å². The lowest BCUT2D eigenvalue weighted by Gasteiger charge is -2.20. The molecule has 6 rings (SSSR count). The minimum Gasteiger partial charge on any atom is -0.478 e. The van der Waals surface area contributed by atoms with Crippen molar-refractivity contribution in [1.82, 2.24) is 30.4 Å². The molecule has 0 aliphatic heterocycles. The Labute approximate surface area is 269 Å². The Morgan fingerprint density at radius 1 is 0.723 bits per heavy atom. The van der Waals surface area contributed by atoms with Crippen molar-refractivity contribution in [1.29, 1.82) is 0 Å². The number of carboxylic acids is 1. The summed E-state index contributed by atoms with van der Waals surface area (Å²) in [7, 11) is 0. The molecule has 2 aromatic carbocycles. The van der Waals surface area contributed by atoms with Gasteiger partial charge in [-0.25, -0.2) is 14.8 Å². The van der Waals surface area contributed by atoms with Crippen LogP contribution >= 0.6 is 0 Å². The molecule has 6 N–H and O–H groups in total. The standard InChI is InChI=1S/C17H16N4O2.C9H7N3O2.C8H11NO/c22-12-11-21(13-5-2-1-3-6-13)16(23)9-8-15-14-7-4-10-18-17(14)20-19-15;13-8(14)4-3-7-6-2-1-5-10-9(6)12-11-7;10-7-6-9-8-4-2-1-3-5-8/h1-10,22H,11-12H2,(H,18,19,20);1-5H,(H,13,14)(H,10,11,12);1-5,9-10H,6-7H2/b9-8+;4-3+;. The first kappa shape index (κ1) is 33.7. The van der Waals surface area contributed by atoms with Gasteiger partial charge in [-0.3, -0.25) is 15.0 Å². The highest BCUT2D eigenvalue weighted by Gasteiger charge is 2.12. The largest absolute Gasteiger partial charge is 0.478 e. The lowest BCUT2D eigenvalue weighted by Crippen LogP contribution is -2.32. The zero-order chi connectivity index (χ0) is 33.3. The molecule has 13 nitrogen and oxygen atoms in total. The molecule has 0 aliphatic rings. The highest BCUT2D eigenvalue weighted by Crippen LogP contribution is 2.17. The molecule has 4 aromatic heterocycles. The van der Waals surface area contributed by atoms with Gasteiger partial charge < -0.3 is 25.5 Å². The summed E-state index contributed by atoms with van der Waals surface area (Å²) >= 11 is 0. The number of nitrogens with zero attached hydrogens (tertiary/aromatic N) is 5. The van der Waals surface area contributed by atoms with Gasteiger partial charge in [0.1, 0.15) is 0 Å². The zero-order valence-corrected chi connectivity index (χ0v) is 25.3. The molecule has 0 fully saturated rings. The van der Waals surface area contributed by atoms with Crippen LogP contribution in [0.2, 0.25) is 0 Å². The number of H-pyrrole nitrogens is 2. The zero-order valence-electron chi connectivity index (χ0n) is 25.3. The van der Waals surface area contributed by atoms with Crippen LogP contribution in [0.5, 0.6) is 0 Å². The summed E-state index contributed by atoms with van der Waals surface area (Å²) in [6.07, 6.45) is 8.95. The van der Waals surface area contributed by atoms with E-state index in [1.165, 1.54) is 17.1 Å². The van der Waals surface area contributed by atoms with E-state index in [1.54, 1.807) is 24.5 Å². The van der Waals surface area contributed by atoms with Crippen LogP contribution in [0.4, 0.5) is 11.4 Å². The van der Waals surface area contributed by atoms with Gasteiger partial charge in [-0.1, -0.05) is 36.4 Å². The highest BCUT2D eigenvalue weighted by molar-refractivity contribution is 6.04. The number of anilines is 2. The molecular weight excluding hydrogens is 600 g/mol. The molecule has 0 unspecified atom stereocenters. The number of aliphatic carboxylic acids is 1. The summed E-state index contributed by atoms with van der Waals surface area (Å²) in [5.41, 5.74) is 4.35. The number of carboxylic acid groups (broad SMARTS) is 1.